The lowest BCUT2D eigenvalue weighted by Crippen LogP contribution is -2.51. The van der Waals surface area contributed by atoms with Crippen molar-refractivity contribution in [1.82, 2.24) is 15.5 Å². The van der Waals surface area contributed by atoms with Crippen molar-refractivity contribution in [3.05, 3.63) is 35.9 Å². The first-order valence-electron chi connectivity index (χ1n) is 9.19. The molecule has 2 aromatic rings. The van der Waals surface area contributed by atoms with Crippen molar-refractivity contribution in [2.24, 2.45) is 5.92 Å². The molecular weight excluding hydrogens is 328 g/mol. The molecule has 0 saturated carbocycles. The normalized spacial score (nSPS) is 27.9. The Kier molecular flexibility index (Phi) is 4.36. The first-order valence-corrected chi connectivity index (χ1v) is 9.19. The van der Waals surface area contributed by atoms with E-state index in [4.69, 9.17) is 5.73 Å². The Bertz CT molecular complexity index is 824. The number of aromatic nitrogens is 2. The van der Waals surface area contributed by atoms with E-state index < -0.39 is 0 Å². The number of piperidine rings is 2. The maximum absolute atomic E-state index is 11.8. The molecule has 3 heterocycles. The fourth-order valence-electron chi connectivity index (χ4n) is 4.51. The van der Waals surface area contributed by atoms with Gasteiger partial charge < -0.3 is 16.2 Å². The zero-order valence-corrected chi connectivity index (χ0v) is 14.9. The van der Waals surface area contributed by atoms with E-state index >= 15 is 0 Å². The molecule has 2 unspecified atom stereocenters. The van der Waals surface area contributed by atoms with E-state index in [9.17, 15) is 9.90 Å². The maximum atomic E-state index is 11.8. The van der Waals surface area contributed by atoms with E-state index in [1.54, 1.807) is 19.1 Å². The Morgan fingerprint density at radius 2 is 1.85 bits per heavy atom. The number of hydrogen-bond acceptors (Lipinski definition) is 6. The van der Waals surface area contributed by atoms with Crippen LogP contribution in [0, 0.1) is 5.92 Å². The van der Waals surface area contributed by atoms with E-state index in [1.165, 1.54) is 0 Å². The molecule has 2 bridgehead atoms. The predicted octanol–water partition coefficient (Wildman–Crippen LogP) is 2.63. The molecule has 0 spiro atoms. The number of Topliss-reactive ketones (excluding diaryl/α,β-unsaturated/α-hetero) is 1. The van der Waals surface area contributed by atoms with Gasteiger partial charge in [-0.05, 0) is 56.7 Å². The zero-order valence-electron chi connectivity index (χ0n) is 14.9. The quantitative estimate of drug-likeness (QED) is 0.785. The zero-order chi connectivity index (χ0) is 18.3. The first kappa shape index (κ1) is 17.0. The molecule has 2 aliphatic heterocycles. The van der Waals surface area contributed by atoms with Crippen LogP contribution < -0.4 is 11.1 Å². The number of rotatable bonds is 3. The number of nitrogens with zero attached hydrogens (tertiary/aromatic N) is 2. The number of aromatic hydroxyl groups is 1. The fraction of sp³-hybridized carbons (Fsp3) is 0.450. The van der Waals surface area contributed by atoms with Crippen LogP contribution in [0.4, 0.5) is 5.82 Å². The summed E-state index contributed by atoms with van der Waals surface area (Å²) in [6.07, 6.45) is 3.67. The second kappa shape index (κ2) is 6.68. The van der Waals surface area contributed by atoms with Gasteiger partial charge in [-0.3, -0.25) is 4.79 Å². The second-order valence-electron chi connectivity index (χ2n) is 7.60. The Balaban J connectivity index is 1.62. The van der Waals surface area contributed by atoms with E-state index in [1.807, 2.05) is 18.2 Å². The minimum Gasteiger partial charge on any atom is -0.507 e. The summed E-state index contributed by atoms with van der Waals surface area (Å²) in [6.45, 7) is 1.70. The van der Waals surface area contributed by atoms with Crippen molar-refractivity contribution in [1.29, 1.82) is 0 Å². The minimum atomic E-state index is 0.178. The molecule has 1 aromatic carbocycles. The van der Waals surface area contributed by atoms with Gasteiger partial charge in [-0.25, -0.2) is 0 Å². The summed E-state index contributed by atoms with van der Waals surface area (Å²) in [5.74, 6) is 1.41. The van der Waals surface area contributed by atoms with Gasteiger partial charge in [-0.15, -0.1) is 10.2 Å². The van der Waals surface area contributed by atoms with Crippen molar-refractivity contribution in [3.8, 4) is 17.0 Å². The number of carbonyl (C=O) groups excluding carboxylic acids is 1. The molecule has 2 saturated heterocycles. The van der Waals surface area contributed by atoms with Crippen LogP contribution in [0.3, 0.4) is 0 Å². The summed E-state index contributed by atoms with van der Waals surface area (Å²) in [7, 11) is 0. The molecule has 6 heteroatoms. The van der Waals surface area contributed by atoms with Crippen LogP contribution in [0.15, 0.2) is 30.3 Å². The Labute approximate surface area is 152 Å². The molecule has 2 fully saturated rings. The summed E-state index contributed by atoms with van der Waals surface area (Å²) in [4.78, 5) is 11.8. The van der Waals surface area contributed by atoms with Crippen LogP contribution in [0.2, 0.25) is 0 Å². The molecule has 0 amide bonds. The summed E-state index contributed by atoms with van der Waals surface area (Å²) < 4.78 is 0. The van der Waals surface area contributed by atoms with E-state index in [-0.39, 0.29) is 11.7 Å². The van der Waals surface area contributed by atoms with Gasteiger partial charge in [0.2, 0.25) is 0 Å². The number of carbonyl (C=O) groups is 1. The number of hydrogen-bond donors (Lipinski definition) is 3. The first-order chi connectivity index (χ1) is 12.5. The SMILES string of the molecule is CC(=O)C1C[C@@H]2CC(c3cc(-c4ccccc4O)nnc3N)C[C@H](C1)N2. The topological polar surface area (TPSA) is 101 Å². The third kappa shape index (κ3) is 3.17. The molecule has 136 valence electrons. The number of nitrogens with one attached hydrogen (secondary N) is 1. The van der Waals surface area contributed by atoms with Crippen molar-refractivity contribution in [2.75, 3.05) is 5.73 Å². The highest BCUT2D eigenvalue weighted by Crippen LogP contribution is 2.40. The monoisotopic (exact) mass is 352 g/mol. The summed E-state index contributed by atoms with van der Waals surface area (Å²) in [5, 5.41) is 22.1. The number of nitrogens with two attached hydrogens (primary N) is 1. The molecule has 4 N–H and O–H groups in total. The molecule has 4 atom stereocenters. The van der Waals surface area contributed by atoms with Gasteiger partial charge in [0.05, 0.1) is 5.69 Å². The van der Waals surface area contributed by atoms with Crippen molar-refractivity contribution >= 4 is 11.6 Å². The lowest BCUT2D eigenvalue weighted by atomic mass is 9.73. The highest BCUT2D eigenvalue weighted by atomic mass is 16.3. The largest absolute Gasteiger partial charge is 0.507 e. The molecule has 2 aliphatic rings. The minimum absolute atomic E-state index is 0.178. The molecule has 6 nitrogen and oxygen atoms in total. The molecular formula is C20H24N4O2. The van der Waals surface area contributed by atoms with E-state index in [0.717, 1.165) is 31.2 Å². The third-order valence-corrected chi connectivity index (χ3v) is 5.80. The van der Waals surface area contributed by atoms with Crippen molar-refractivity contribution < 1.29 is 9.90 Å². The number of nitrogen functional groups attached to an aromatic ring is 1. The number of ketones is 1. The highest BCUT2D eigenvalue weighted by Gasteiger charge is 2.38. The Hall–Kier alpha value is -2.47. The molecule has 0 aliphatic carbocycles. The van der Waals surface area contributed by atoms with Gasteiger partial charge in [0.15, 0.2) is 0 Å². The van der Waals surface area contributed by atoms with Crippen LogP contribution in [0.25, 0.3) is 11.3 Å². The van der Waals surface area contributed by atoms with Crippen molar-refractivity contribution in [2.45, 2.75) is 50.6 Å². The number of phenolic OH excluding ortho intramolecular Hbond substituents is 1. The summed E-state index contributed by atoms with van der Waals surface area (Å²) >= 11 is 0. The summed E-state index contributed by atoms with van der Waals surface area (Å²) in [6, 6.07) is 9.75. The van der Waals surface area contributed by atoms with E-state index in [0.29, 0.717) is 40.9 Å². The standard InChI is InChI=1S/C20H24N4O2/c1-11(25)12-6-14-8-13(9-15(7-12)22-14)17-10-18(23-24-20(17)21)16-4-2-3-5-19(16)26/h2-5,10,12-15,22,26H,6-9H2,1H3,(H2,21,24)/t12?,13?,14-,15+. The van der Waals surface area contributed by atoms with Gasteiger partial charge >= 0.3 is 0 Å². The van der Waals surface area contributed by atoms with E-state index in [2.05, 4.69) is 15.5 Å². The van der Waals surface area contributed by atoms with Crippen LogP contribution in [-0.4, -0.2) is 33.2 Å². The van der Waals surface area contributed by atoms with Gasteiger partial charge in [0.25, 0.3) is 0 Å². The van der Waals surface area contributed by atoms with Gasteiger partial charge in [-0.1, -0.05) is 12.1 Å². The van der Waals surface area contributed by atoms with Gasteiger partial charge in [-0.2, -0.15) is 0 Å². The maximum Gasteiger partial charge on any atom is 0.149 e. The molecule has 4 rings (SSSR count). The Morgan fingerprint density at radius 1 is 1.15 bits per heavy atom. The number of phenols is 1. The number of fused-ring (bicyclic) bond motifs is 2. The van der Waals surface area contributed by atoms with Crippen LogP contribution in [0.1, 0.15) is 44.1 Å². The lowest BCUT2D eigenvalue weighted by molar-refractivity contribution is -0.122. The average Bonchev–Trinajstić information content (AvgIpc) is 2.62. The lowest BCUT2D eigenvalue weighted by Gasteiger charge is -2.43. The number of para-hydroxylation sites is 1. The van der Waals surface area contributed by atoms with Gasteiger partial charge in [0, 0.05) is 29.1 Å². The average molecular weight is 352 g/mol. The summed E-state index contributed by atoms with van der Waals surface area (Å²) in [5.41, 5.74) is 8.44. The van der Waals surface area contributed by atoms with Gasteiger partial charge in [0.1, 0.15) is 17.4 Å². The molecule has 26 heavy (non-hydrogen) atoms. The fourth-order valence-corrected chi connectivity index (χ4v) is 4.51. The highest BCUT2D eigenvalue weighted by molar-refractivity contribution is 5.78. The second-order valence-corrected chi connectivity index (χ2v) is 7.60. The van der Waals surface area contributed by atoms with Crippen LogP contribution in [-0.2, 0) is 4.79 Å². The van der Waals surface area contributed by atoms with Crippen molar-refractivity contribution in [3.63, 3.8) is 0 Å². The Morgan fingerprint density at radius 3 is 2.50 bits per heavy atom. The third-order valence-electron chi connectivity index (χ3n) is 5.80. The number of benzene rings is 1. The predicted molar refractivity (Wildman–Crippen MR) is 99.6 cm³/mol. The van der Waals surface area contributed by atoms with Crippen LogP contribution >= 0.6 is 0 Å². The van der Waals surface area contributed by atoms with Crippen LogP contribution in [0.5, 0.6) is 5.75 Å². The molecule has 1 aromatic heterocycles. The number of anilines is 1. The molecule has 0 radical (unpaired) electrons. The smallest absolute Gasteiger partial charge is 0.149 e.